The molecule has 0 heterocycles. The topological polar surface area (TPSA) is 35.8 Å². The molecule has 0 bridgehead atoms. The summed E-state index contributed by atoms with van der Waals surface area (Å²) in [5.41, 5.74) is 1.30. The summed E-state index contributed by atoms with van der Waals surface area (Å²) in [5, 5.41) is 12.7. The van der Waals surface area contributed by atoms with E-state index < -0.39 is 5.54 Å². The van der Waals surface area contributed by atoms with Crippen molar-refractivity contribution in [2.24, 2.45) is 0 Å². The highest BCUT2D eigenvalue weighted by Crippen LogP contribution is 2.25. The molecule has 0 atom stereocenters. The second-order valence-electron chi connectivity index (χ2n) is 3.77. The SMILES string of the molecule is Cc1c(Cl)cccc1NC(C)(C)C#N. The molecule has 3 heteroatoms. The minimum atomic E-state index is -0.574. The number of rotatable bonds is 2. The Morgan fingerprint density at radius 3 is 2.64 bits per heavy atom. The van der Waals surface area contributed by atoms with Crippen LogP contribution in [0.15, 0.2) is 18.2 Å². The zero-order chi connectivity index (χ0) is 10.8. The maximum absolute atomic E-state index is 8.87. The molecule has 1 rings (SSSR count). The number of hydrogen-bond donors (Lipinski definition) is 1. The van der Waals surface area contributed by atoms with Gasteiger partial charge in [-0.3, -0.25) is 0 Å². The molecule has 2 nitrogen and oxygen atoms in total. The van der Waals surface area contributed by atoms with E-state index >= 15 is 0 Å². The lowest BCUT2D eigenvalue weighted by molar-refractivity contribution is 0.728. The normalized spacial score (nSPS) is 10.8. The van der Waals surface area contributed by atoms with E-state index in [0.29, 0.717) is 5.02 Å². The van der Waals surface area contributed by atoms with Crippen molar-refractivity contribution in [1.82, 2.24) is 0 Å². The van der Waals surface area contributed by atoms with E-state index in [4.69, 9.17) is 16.9 Å². The first kappa shape index (κ1) is 10.9. The number of nitrogens with zero attached hydrogens (tertiary/aromatic N) is 1. The van der Waals surface area contributed by atoms with Crippen molar-refractivity contribution >= 4 is 17.3 Å². The molecule has 0 unspecified atom stereocenters. The molecule has 0 saturated carbocycles. The third kappa shape index (κ3) is 2.40. The van der Waals surface area contributed by atoms with Crippen LogP contribution in [-0.2, 0) is 0 Å². The number of nitriles is 1. The fraction of sp³-hybridized carbons (Fsp3) is 0.364. The summed E-state index contributed by atoms with van der Waals surface area (Å²) in [7, 11) is 0. The minimum Gasteiger partial charge on any atom is -0.368 e. The second kappa shape index (κ2) is 3.89. The van der Waals surface area contributed by atoms with Gasteiger partial charge in [0.15, 0.2) is 0 Å². The van der Waals surface area contributed by atoms with Gasteiger partial charge in [0, 0.05) is 10.7 Å². The summed E-state index contributed by atoms with van der Waals surface area (Å²) in [6.07, 6.45) is 0. The number of hydrogen-bond acceptors (Lipinski definition) is 2. The Hall–Kier alpha value is -1.20. The first-order valence-corrected chi connectivity index (χ1v) is 4.78. The summed E-state index contributed by atoms with van der Waals surface area (Å²) in [6, 6.07) is 7.80. The van der Waals surface area contributed by atoms with Gasteiger partial charge in [-0.2, -0.15) is 5.26 Å². The highest BCUT2D eigenvalue weighted by atomic mass is 35.5. The van der Waals surface area contributed by atoms with Crippen LogP contribution < -0.4 is 5.32 Å². The van der Waals surface area contributed by atoms with E-state index in [1.807, 2.05) is 39.0 Å². The van der Waals surface area contributed by atoms with E-state index in [9.17, 15) is 0 Å². The van der Waals surface area contributed by atoms with E-state index in [-0.39, 0.29) is 0 Å². The van der Waals surface area contributed by atoms with Crippen LogP contribution in [0.3, 0.4) is 0 Å². The lowest BCUT2D eigenvalue weighted by Crippen LogP contribution is -2.28. The molecular weight excluding hydrogens is 196 g/mol. The Labute approximate surface area is 89.5 Å². The Balaban J connectivity index is 3.00. The standard InChI is InChI=1S/C11H13ClN2/c1-8-9(12)5-4-6-10(8)14-11(2,3)7-13/h4-6,14H,1-3H3. The van der Waals surface area contributed by atoms with E-state index in [1.54, 1.807) is 0 Å². The number of halogens is 1. The fourth-order valence-corrected chi connectivity index (χ4v) is 1.28. The van der Waals surface area contributed by atoms with Gasteiger partial charge in [0.1, 0.15) is 5.54 Å². The Bertz CT molecular complexity index is 377. The summed E-state index contributed by atoms with van der Waals surface area (Å²) >= 11 is 5.96. The van der Waals surface area contributed by atoms with Crippen LogP contribution in [-0.4, -0.2) is 5.54 Å². The molecule has 74 valence electrons. The molecule has 0 aromatic heterocycles. The number of anilines is 1. The minimum absolute atomic E-state index is 0.574. The van der Waals surface area contributed by atoms with Gasteiger partial charge in [-0.05, 0) is 38.5 Å². The maximum Gasteiger partial charge on any atom is 0.119 e. The summed E-state index contributed by atoms with van der Waals surface area (Å²) in [4.78, 5) is 0. The third-order valence-corrected chi connectivity index (χ3v) is 2.40. The zero-order valence-electron chi connectivity index (χ0n) is 8.56. The molecule has 1 N–H and O–H groups in total. The van der Waals surface area contributed by atoms with Gasteiger partial charge >= 0.3 is 0 Å². The van der Waals surface area contributed by atoms with Crippen LogP contribution >= 0.6 is 11.6 Å². The molecule has 0 fully saturated rings. The fourth-order valence-electron chi connectivity index (χ4n) is 1.11. The quantitative estimate of drug-likeness (QED) is 0.809. The molecule has 0 spiro atoms. The molecule has 1 aromatic carbocycles. The van der Waals surface area contributed by atoms with Gasteiger partial charge in [0.25, 0.3) is 0 Å². The lowest BCUT2D eigenvalue weighted by atomic mass is 10.1. The summed E-state index contributed by atoms with van der Waals surface area (Å²) < 4.78 is 0. The van der Waals surface area contributed by atoms with E-state index in [1.165, 1.54) is 0 Å². The van der Waals surface area contributed by atoms with Crippen molar-refractivity contribution in [3.05, 3.63) is 28.8 Å². The molecule has 0 amide bonds. The Morgan fingerprint density at radius 2 is 2.07 bits per heavy atom. The van der Waals surface area contributed by atoms with Gasteiger partial charge in [0.2, 0.25) is 0 Å². The highest BCUT2D eigenvalue weighted by Gasteiger charge is 2.16. The van der Waals surface area contributed by atoms with Crippen molar-refractivity contribution in [3.8, 4) is 6.07 Å². The van der Waals surface area contributed by atoms with Crippen molar-refractivity contribution in [2.75, 3.05) is 5.32 Å². The van der Waals surface area contributed by atoms with Crippen molar-refractivity contribution in [3.63, 3.8) is 0 Å². The predicted molar refractivity (Wildman–Crippen MR) is 59.5 cm³/mol. The number of nitrogens with one attached hydrogen (secondary N) is 1. The third-order valence-electron chi connectivity index (χ3n) is 1.99. The molecular formula is C11H13ClN2. The van der Waals surface area contributed by atoms with Crippen molar-refractivity contribution in [2.45, 2.75) is 26.3 Å². The van der Waals surface area contributed by atoms with Crippen LogP contribution in [0.4, 0.5) is 5.69 Å². The first-order chi connectivity index (χ1) is 6.46. The molecule has 0 aliphatic heterocycles. The van der Waals surface area contributed by atoms with Crippen LogP contribution in [0.5, 0.6) is 0 Å². The van der Waals surface area contributed by atoms with Gasteiger partial charge in [-0.1, -0.05) is 17.7 Å². The Kier molecular flexibility index (Phi) is 3.03. The zero-order valence-corrected chi connectivity index (χ0v) is 9.31. The van der Waals surface area contributed by atoms with E-state index in [2.05, 4.69) is 11.4 Å². The van der Waals surface area contributed by atoms with Gasteiger partial charge < -0.3 is 5.32 Å². The van der Waals surface area contributed by atoms with Crippen molar-refractivity contribution < 1.29 is 0 Å². The molecule has 1 aromatic rings. The van der Waals surface area contributed by atoms with Crippen LogP contribution in [0.1, 0.15) is 19.4 Å². The number of benzene rings is 1. The second-order valence-corrected chi connectivity index (χ2v) is 4.18. The maximum atomic E-state index is 8.87. The largest absolute Gasteiger partial charge is 0.368 e. The van der Waals surface area contributed by atoms with Crippen LogP contribution in [0.25, 0.3) is 0 Å². The molecule has 0 aliphatic carbocycles. The highest BCUT2D eigenvalue weighted by molar-refractivity contribution is 6.31. The van der Waals surface area contributed by atoms with Crippen LogP contribution in [0, 0.1) is 18.3 Å². The van der Waals surface area contributed by atoms with Crippen molar-refractivity contribution in [1.29, 1.82) is 5.26 Å². The summed E-state index contributed by atoms with van der Waals surface area (Å²) in [6.45, 7) is 5.58. The van der Waals surface area contributed by atoms with Gasteiger partial charge in [0.05, 0.1) is 6.07 Å². The molecule has 14 heavy (non-hydrogen) atoms. The van der Waals surface area contributed by atoms with Gasteiger partial charge in [-0.25, -0.2) is 0 Å². The summed E-state index contributed by atoms with van der Waals surface area (Å²) in [5.74, 6) is 0. The molecule has 0 saturated heterocycles. The predicted octanol–water partition coefficient (Wildman–Crippen LogP) is 3.36. The van der Waals surface area contributed by atoms with E-state index in [0.717, 1.165) is 11.3 Å². The van der Waals surface area contributed by atoms with Gasteiger partial charge in [-0.15, -0.1) is 0 Å². The average Bonchev–Trinajstić information content (AvgIpc) is 2.13. The lowest BCUT2D eigenvalue weighted by Gasteiger charge is -2.20. The molecule has 0 radical (unpaired) electrons. The molecule has 0 aliphatic rings. The first-order valence-electron chi connectivity index (χ1n) is 4.41. The smallest absolute Gasteiger partial charge is 0.119 e. The average molecular weight is 209 g/mol. The monoisotopic (exact) mass is 208 g/mol. The van der Waals surface area contributed by atoms with Crippen LogP contribution in [0.2, 0.25) is 5.02 Å². The Morgan fingerprint density at radius 1 is 1.43 bits per heavy atom.